The molecule has 0 saturated heterocycles. The zero-order valence-corrected chi connectivity index (χ0v) is 18.2. The van der Waals surface area contributed by atoms with Gasteiger partial charge in [-0.1, -0.05) is 75.0 Å². The Morgan fingerprint density at radius 1 is 0.969 bits per heavy atom. The number of carbonyl (C=O) groups is 1. The van der Waals surface area contributed by atoms with Gasteiger partial charge in [0.25, 0.3) is 0 Å². The molecule has 1 aliphatic carbocycles. The summed E-state index contributed by atoms with van der Waals surface area (Å²) in [5.41, 5.74) is 6.60. The van der Waals surface area contributed by atoms with E-state index in [9.17, 15) is 9.90 Å². The highest BCUT2D eigenvalue weighted by molar-refractivity contribution is 5.97. The summed E-state index contributed by atoms with van der Waals surface area (Å²) in [5, 5.41) is 11.4. The Kier molecular flexibility index (Phi) is 4.63. The first-order valence-corrected chi connectivity index (χ1v) is 10.7. The number of rotatable bonds is 4. The van der Waals surface area contributed by atoms with Gasteiger partial charge in [-0.3, -0.25) is 0 Å². The van der Waals surface area contributed by atoms with Crippen molar-refractivity contribution in [2.45, 2.75) is 25.7 Å². The molecule has 158 valence electrons. The lowest BCUT2D eigenvalue weighted by Crippen LogP contribution is -2.22. The molecule has 0 bridgehead atoms. The van der Waals surface area contributed by atoms with E-state index in [0.717, 1.165) is 50.8 Å². The Labute approximate surface area is 187 Å². The van der Waals surface area contributed by atoms with Crippen molar-refractivity contribution in [2.24, 2.45) is 0 Å². The van der Waals surface area contributed by atoms with E-state index in [1.54, 1.807) is 12.1 Å². The highest BCUT2D eigenvalue weighted by Crippen LogP contribution is 2.44. The Balaban J connectivity index is 1.61. The zero-order valence-electron chi connectivity index (χ0n) is 18.2. The van der Waals surface area contributed by atoms with Gasteiger partial charge in [-0.15, -0.1) is 0 Å². The van der Waals surface area contributed by atoms with E-state index in [4.69, 9.17) is 4.42 Å². The van der Waals surface area contributed by atoms with Crippen LogP contribution >= 0.6 is 0 Å². The van der Waals surface area contributed by atoms with Crippen molar-refractivity contribution in [3.8, 4) is 0 Å². The first-order chi connectivity index (χ1) is 15.3. The standard InChI is InChI=1S/C29H24O3/c1-18(19-8-10-20(11-9-19)28(30)31)21-12-13-26-25(16-21)24(14-15-29(26,2)3)27-23-7-5-4-6-22(23)17-32-27/h4-14,16-17H,1,15H2,2-3H3,(H,30,31). The summed E-state index contributed by atoms with van der Waals surface area (Å²) >= 11 is 0. The fraction of sp³-hybridized carbons (Fsp3) is 0.138. The molecule has 0 amide bonds. The molecular formula is C29H24O3. The zero-order chi connectivity index (χ0) is 22.5. The van der Waals surface area contributed by atoms with Crippen molar-refractivity contribution in [1.29, 1.82) is 0 Å². The molecule has 1 aromatic heterocycles. The smallest absolute Gasteiger partial charge is 0.335 e. The number of benzene rings is 3. The Bertz CT molecular complexity index is 1400. The van der Waals surface area contributed by atoms with Gasteiger partial charge in [0, 0.05) is 16.3 Å². The second-order valence-electron chi connectivity index (χ2n) is 8.98. The van der Waals surface area contributed by atoms with Crippen LogP contribution < -0.4 is 0 Å². The maximum atomic E-state index is 11.2. The third-order valence-corrected chi connectivity index (χ3v) is 6.44. The average molecular weight is 421 g/mol. The molecule has 0 aliphatic heterocycles. The molecule has 4 aromatic rings. The lowest BCUT2D eigenvalue weighted by atomic mass is 9.72. The molecule has 1 N–H and O–H groups in total. The molecule has 1 aliphatic rings. The normalized spacial score (nSPS) is 14.6. The summed E-state index contributed by atoms with van der Waals surface area (Å²) in [7, 11) is 0. The van der Waals surface area contributed by atoms with Gasteiger partial charge in [-0.25, -0.2) is 4.79 Å². The quantitative estimate of drug-likeness (QED) is 0.377. The van der Waals surface area contributed by atoms with Crippen LogP contribution in [0.2, 0.25) is 0 Å². The summed E-state index contributed by atoms with van der Waals surface area (Å²) in [6, 6.07) is 21.6. The van der Waals surface area contributed by atoms with Gasteiger partial charge < -0.3 is 9.52 Å². The minimum atomic E-state index is -0.932. The summed E-state index contributed by atoms with van der Waals surface area (Å²) in [6.45, 7) is 8.83. The van der Waals surface area contributed by atoms with Crippen LogP contribution in [0.15, 0.2) is 90.1 Å². The first-order valence-electron chi connectivity index (χ1n) is 10.7. The van der Waals surface area contributed by atoms with Gasteiger partial charge in [-0.2, -0.15) is 0 Å². The average Bonchev–Trinajstić information content (AvgIpc) is 3.22. The number of allylic oxidation sites excluding steroid dienone is 1. The van der Waals surface area contributed by atoms with Gasteiger partial charge in [-0.05, 0) is 57.9 Å². The van der Waals surface area contributed by atoms with Crippen molar-refractivity contribution in [3.63, 3.8) is 0 Å². The van der Waals surface area contributed by atoms with Gasteiger partial charge in [0.05, 0.1) is 11.8 Å². The number of fused-ring (bicyclic) bond motifs is 2. The Morgan fingerprint density at radius 3 is 2.41 bits per heavy atom. The van der Waals surface area contributed by atoms with Crippen LogP contribution in [-0.2, 0) is 5.41 Å². The van der Waals surface area contributed by atoms with Crippen molar-refractivity contribution >= 4 is 27.9 Å². The van der Waals surface area contributed by atoms with Gasteiger partial charge in [0.2, 0.25) is 0 Å². The topological polar surface area (TPSA) is 50.4 Å². The minimum absolute atomic E-state index is 0.0181. The van der Waals surface area contributed by atoms with Crippen molar-refractivity contribution in [3.05, 3.63) is 119 Å². The van der Waals surface area contributed by atoms with Crippen LogP contribution in [0.25, 0.3) is 21.9 Å². The third kappa shape index (κ3) is 3.27. The molecular weight excluding hydrogens is 396 g/mol. The first kappa shape index (κ1) is 20.1. The molecule has 3 heteroatoms. The van der Waals surface area contributed by atoms with E-state index in [1.807, 2.05) is 30.5 Å². The Hall–Kier alpha value is -3.85. The van der Waals surface area contributed by atoms with Crippen molar-refractivity contribution < 1.29 is 14.3 Å². The maximum Gasteiger partial charge on any atom is 0.335 e. The minimum Gasteiger partial charge on any atom is -0.478 e. The fourth-order valence-electron chi connectivity index (χ4n) is 4.52. The van der Waals surface area contributed by atoms with Crippen LogP contribution in [-0.4, -0.2) is 11.1 Å². The highest BCUT2D eigenvalue weighted by Gasteiger charge is 2.30. The summed E-state index contributed by atoms with van der Waals surface area (Å²) in [6.07, 6.45) is 5.03. The molecule has 3 nitrogen and oxygen atoms in total. The number of hydrogen-bond acceptors (Lipinski definition) is 2. The SMILES string of the molecule is C=C(c1ccc(C(=O)O)cc1)c1ccc2c(c1)C(c1occ3ccccc13)=CCC2(C)C. The van der Waals surface area contributed by atoms with Crippen LogP contribution in [0, 0.1) is 0 Å². The monoisotopic (exact) mass is 420 g/mol. The van der Waals surface area contributed by atoms with Gasteiger partial charge in [0.15, 0.2) is 0 Å². The van der Waals surface area contributed by atoms with E-state index in [2.05, 4.69) is 56.8 Å². The third-order valence-electron chi connectivity index (χ3n) is 6.44. The second-order valence-corrected chi connectivity index (χ2v) is 8.98. The molecule has 0 radical (unpaired) electrons. The lowest BCUT2D eigenvalue weighted by Gasteiger charge is -2.32. The van der Waals surface area contributed by atoms with Crippen molar-refractivity contribution in [2.75, 3.05) is 0 Å². The second kappa shape index (κ2) is 7.38. The molecule has 0 fully saturated rings. The largest absolute Gasteiger partial charge is 0.478 e. The number of carboxylic acids is 1. The van der Waals surface area contributed by atoms with E-state index >= 15 is 0 Å². The summed E-state index contributed by atoms with van der Waals surface area (Å²) in [4.78, 5) is 11.2. The maximum absolute atomic E-state index is 11.2. The lowest BCUT2D eigenvalue weighted by molar-refractivity contribution is 0.0697. The van der Waals surface area contributed by atoms with Crippen LogP contribution in [0.3, 0.4) is 0 Å². The van der Waals surface area contributed by atoms with Crippen LogP contribution in [0.1, 0.15) is 58.6 Å². The van der Waals surface area contributed by atoms with Crippen LogP contribution in [0.5, 0.6) is 0 Å². The molecule has 3 aromatic carbocycles. The number of hydrogen-bond donors (Lipinski definition) is 1. The summed E-state index contributed by atoms with van der Waals surface area (Å²) < 4.78 is 6.05. The number of aromatic carboxylic acids is 1. The molecule has 5 rings (SSSR count). The molecule has 0 unspecified atom stereocenters. The van der Waals surface area contributed by atoms with Gasteiger partial charge >= 0.3 is 5.97 Å². The number of carboxylic acid groups (broad SMARTS) is 1. The number of furan rings is 1. The molecule has 1 heterocycles. The van der Waals surface area contributed by atoms with E-state index in [0.29, 0.717) is 0 Å². The predicted octanol–water partition coefficient (Wildman–Crippen LogP) is 7.31. The summed E-state index contributed by atoms with van der Waals surface area (Å²) in [5.74, 6) is -0.0375. The molecule has 0 atom stereocenters. The van der Waals surface area contributed by atoms with Gasteiger partial charge in [0.1, 0.15) is 5.76 Å². The molecule has 32 heavy (non-hydrogen) atoms. The fourth-order valence-corrected chi connectivity index (χ4v) is 4.52. The van der Waals surface area contributed by atoms with Crippen molar-refractivity contribution in [1.82, 2.24) is 0 Å². The molecule has 0 saturated carbocycles. The van der Waals surface area contributed by atoms with Crippen LogP contribution in [0.4, 0.5) is 0 Å². The Morgan fingerprint density at radius 2 is 1.66 bits per heavy atom. The van der Waals surface area contributed by atoms with E-state index in [-0.39, 0.29) is 11.0 Å². The highest BCUT2D eigenvalue weighted by atomic mass is 16.4. The van der Waals surface area contributed by atoms with E-state index < -0.39 is 5.97 Å². The molecule has 0 spiro atoms. The van der Waals surface area contributed by atoms with E-state index in [1.165, 1.54) is 5.56 Å². The predicted molar refractivity (Wildman–Crippen MR) is 129 cm³/mol.